The van der Waals surface area contributed by atoms with Crippen LogP contribution in [0.1, 0.15) is 46.8 Å². The second-order valence-corrected chi connectivity index (χ2v) is 10.4. The molecule has 2 atom stereocenters. The minimum absolute atomic E-state index is 0.157. The molecular formula is C25H27BrF2N6O5. The second-order valence-electron chi connectivity index (χ2n) is 9.44. The monoisotopic (exact) mass is 608 g/mol. The third-order valence-corrected chi connectivity index (χ3v) is 6.91. The minimum atomic E-state index is -2.56. The summed E-state index contributed by atoms with van der Waals surface area (Å²) in [5, 5.41) is 29.8. The lowest BCUT2D eigenvalue weighted by Gasteiger charge is -2.22. The summed E-state index contributed by atoms with van der Waals surface area (Å²) < 4.78 is 27.8. The predicted molar refractivity (Wildman–Crippen MR) is 141 cm³/mol. The molecule has 1 aliphatic heterocycles. The third-order valence-electron chi connectivity index (χ3n) is 6.46. The second kappa shape index (κ2) is 12.0. The molecule has 1 aromatic carbocycles. The number of anilines is 1. The van der Waals surface area contributed by atoms with Gasteiger partial charge in [0.25, 0.3) is 5.91 Å². The Kier molecular flexibility index (Phi) is 8.75. The zero-order valence-corrected chi connectivity index (χ0v) is 22.2. The Bertz CT molecular complexity index is 1290. The van der Waals surface area contributed by atoms with Crippen molar-refractivity contribution in [2.75, 3.05) is 25.0 Å². The van der Waals surface area contributed by atoms with Crippen molar-refractivity contribution >= 4 is 45.4 Å². The molecule has 0 spiro atoms. The summed E-state index contributed by atoms with van der Waals surface area (Å²) in [7, 11) is 0. The van der Waals surface area contributed by atoms with Gasteiger partial charge in [0.15, 0.2) is 5.96 Å². The molecular weight excluding hydrogens is 582 g/mol. The number of alkyl halides is 2. The fraction of sp³-hybridized carbons (Fsp3) is 0.400. The SMILES string of the molecule is O=C(O)C[C@H](NC(=O)CNC(=O)c1cncc(NC2=NCC(O)CN2)c1)c1cc(Br)cc(C2(C(F)F)CC2)c1. The van der Waals surface area contributed by atoms with Gasteiger partial charge in [-0.25, -0.2) is 8.78 Å². The lowest BCUT2D eigenvalue weighted by molar-refractivity contribution is -0.137. The van der Waals surface area contributed by atoms with E-state index in [-0.39, 0.29) is 12.1 Å². The highest BCUT2D eigenvalue weighted by molar-refractivity contribution is 9.10. The number of aliphatic carboxylic acids is 1. The number of aliphatic hydroxyl groups excluding tert-OH is 1. The quantitative estimate of drug-likeness (QED) is 0.238. The standard InChI is InChI=1S/C25H27BrF2N6O5/c26-16-4-13(3-15(6-16)25(1-2-25)23(27)28)19(7-21(37)38)34-20(36)12-30-22(39)14-5-17(9-29-8-14)33-24-31-10-18(35)11-32-24/h3-6,8-9,18-19,23,35H,1-2,7,10-12H2,(H,30,39)(H,34,36)(H,37,38)(H2,31,32,33)/t19-/m0/s1. The third kappa shape index (κ3) is 7.26. The summed E-state index contributed by atoms with van der Waals surface area (Å²) in [6.45, 7) is 0.0988. The first-order chi connectivity index (χ1) is 18.6. The summed E-state index contributed by atoms with van der Waals surface area (Å²) in [5.74, 6) is -2.03. The molecule has 39 heavy (non-hydrogen) atoms. The molecule has 2 aromatic rings. The molecule has 2 amide bonds. The number of nitrogens with zero attached hydrogens (tertiary/aromatic N) is 2. The van der Waals surface area contributed by atoms with E-state index in [0.717, 1.165) is 0 Å². The Hall–Kier alpha value is -3.65. The zero-order valence-electron chi connectivity index (χ0n) is 20.6. The summed E-state index contributed by atoms with van der Waals surface area (Å²) in [4.78, 5) is 44.9. The van der Waals surface area contributed by atoms with Gasteiger partial charge in [0.1, 0.15) is 0 Å². The normalized spacial score (nSPS) is 18.4. The largest absolute Gasteiger partial charge is 0.481 e. The van der Waals surface area contributed by atoms with E-state index >= 15 is 0 Å². The van der Waals surface area contributed by atoms with E-state index in [1.54, 1.807) is 12.1 Å². The topological polar surface area (TPSA) is 165 Å². The molecule has 6 N–H and O–H groups in total. The van der Waals surface area contributed by atoms with Gasteiger partial charge in [0.05, 0.1) is 54.5 Å². The van der Waals surface area contributed by atoms with Crippen LogP contribution in [0.4, 0.5) is 14.5 Å². The van der Waals surface area contributed by atoms with Crippen LogP contribution in [-0.2, 0) is 15.0 Å². The Morgan fingerprint density at radius 3 is 2.59 bits per heavy atom. The van der Waals surface area contributed by atoms with Crippen molar-refractivity contribution in [1.82, 2.24) is 20.9 Å². The summed E-state index contributed by atoms with van der Waals surface area (Å²) in [6.07, 6.45) is -0.199. The van der Waals surface area contributed by atoms with Gasteiger partial charge in [-0.3, -0.25) is 24.4 Å². The minimum Gasteiger partial charge on any atom is -0.481 e. The Morgan fingerprint density at radius 1 is 1.18 bits per heavy atom. The molecule has 2 heterocycles. The number of carboxylic acid groups (broad SMARTS) is 1. The van der Waals surface area contributed by atoms with E-state index in [1.807, 2.05) is 0 Å². The van der Waals surface area contributed by atoms with Gasteiger partial charge in [-0.15, -0.1) is 0 Å². The van der Waals surface area contributed by atoms with E-state index in [0.29, 0.717) is 46.6 Å². The van der Waals surface area contributed by atoms with E-state index in [1.165, 1.54) is 24.5 Å². The summed E-state index contributed by atoms with van der Waals surface area (Å²) in [5.41, 5.74) is 0.0981. The number of aliphatic hydroxyl groups is 1. The van der Waals surface area contributed by atoms with Crippen LogP contribution < -0.4 is 21.3 Å². The van der Waals surface area contributed by atoms with Crippen LogP contribution in [-0.4, -0.2) is 71.1 Å². The van der Waals surface area contributed by atoms with Crippen LogP contribution >= 0.6 is 15.9 Å². The van der Waals surface area contributed by atoms with Gasteiger partial charge in [-0.2, -0.15) is 0 Å². The fourth-order valence-electron chi connectivity index (χ4n) is 4.19. The number of guanidine groups is 1. The van der Waals surface area contributed by atoms with Crippen molar-refractivity contribution in [3.8, 4) is 0 Å². The van der Waals surface area contributed by atoms with Crippen molar-refractivity contribution in [2.24, 2.45) is 4.99 Å². The number of β-amino-alcohol motifs (C(OH)–C–C–N with tert-alkyl or cyclic N) is 1. The van der Waals surface area contributed by atoms with E-state index < -0.39 is 54.7 Å². The number of rotatable bonds is 10. The highest BCUT2D eigenvalue weighted by Gasteiger charge is 2.52. The van der Waals surface area contributed by atoms with Crippen molar-refractivity contribution in [1.29, 1.82) is 0 Å². The number of carbonyl (C=O) groups excluding carboxylic acids is 2. The number of aliphatic imine (C=N–C) groups is 1. The van der Waals surface area contributed by atoms with Crippen molar-refractivity contribution in [3.05, 3.63) is 57.8 Å². The molecule has 1 aliphatic carbocycles. The molecule has 2 aliphatic rings. The Morgan fingerprint density at radius 2 is 1.95 bits per heavy atom. The number of benzene rings is 1. The molecule has 1 aromatic heterocycles. The van der Waals surface area contributed by atoms with Crippen molar-refractivity contribution in [3.63, 3.8) is 0 Å². The fourth-order valence-corrected chi connectivity index (χ4v) is 4.70. The van der Waals surface area contributed by atoms with E-state index in [4.69, 9.17) is 0 Å². The number of hydrogen-bond acceptors (Lipinski definition) is 8. The molecule has 4 rings (SSSR count). The molecule has 14 heteroatoms. The van der Waals surface area contributed by atoms with Crippen molar-refractivity contribution < 1.29 is 33.4 Å². The molecule has 0 bridgehead atoms. The van der Waals surface area contributed by atoms with Crippen LogP contribution in [0.15, 0.2) is 46.1 Å². The van der Waals surface area contributed by atoms with E-state index in [2.05, 4.69) is 47.2 Å². The number of aromatic nitrogens is 1. The van der Waals surface area contributed by atoms with Gasteiger partial charge >= 0.3 is 5.97 Å². The van der Waals surface area contributed by atoms with Gasteiger partial charge in [-0.1, -0.05) is 22.0 Å². The molecule has 1 fully saturated rings. The summed E-state index contributed by atoms with van der Waals surface area (Å²) >= 11 is 3.30. The van der Waals surface area contributed by atoms with Crippen LogP contribution in [0, 0.1) is 0 Å². The summed E-state index contributed by atoms with van der Waals surface area (Å²) in [6, 6.07) is 5.16. The van der Waals surface area contributed by atoms with Crippen LogP contribution in [0.5, 0.6) is 0 Å². The van der Waals surface area contributed by atoms with Crippen LogP contribution in [0.25, 0.3) is 0 Å². The lowest BCUT2D eigenvalue weighted by Crippen LogP contribution is -2.42. The van der Waals surface area contributed by atoms with Gasteiger partial charge < -0.3 is 31.5 Å². The number of amides is 2. The highest BCUT2D eigenvalue weighted by atomic mass is 79.9. The first-order valence-corrected chi connectivity index (χ1v) is 12.9. The molecule has 1 unspecified atom stereocenters. The number of carbonyl (C=O) groups is 3. The molecule has 0 saturated heterocycles. The number of halogens is 3. The zero-order chi connectivity index (χ0) is 28.2. The van der Waals surface area contributed by atoms with Crippen LogP contribution in [0.2, 0.25) is 0 Å². The van der Waals surface area contributed by atoms with E-state index in [9.17, 15) is 33.4 Å². The van der Waals surface area contributed by atoms with Crippen LogP contribution in [0.3, 0.4) is 0 Å². The Labute approximate surface area is 230 Å². The maximum absolute atomic E-state index is 13.7. The average Bonchev–Trinajstić information content (AvgIpc) is 3.70. The maximum atomic E-state index is 13.7. The number of hydrogen-bond donors (Lipinski definition) is 6. The molecule has 11 nitrogen and oxygen atoms in total. The van der Waals surface area contributed by atoms with Gasteiger partial charge in [0.2, 0.25) is 12.3 Å². The maximum Gasteiger partial charge on any atom is 0.305 e. The van der Waals surface area contributed by atoms with Gasteiger partial charge in [-0.05, 0) is 42.2 Å². The van der Waals surface area contributed by atoms with Gasteiger partial charge in [0, 0.05) is 17.2 Å². The first-order valence-electron chi connectivity index (χ1n) is 12.1. The lowest BCUT2D eigenvalue weighted by atomic mass is 9.92. The number of nitrogens with one attached hydrogen (secondary N) is 4. The molecule has 208 valence electrons. The average molecular weight is 609 g/mol. The number of carboxylic acids is 1. The number of pyridine rings is 1. The van der Waals surface area contributed by atoms with Crippen molar-refractivity contribution in [2.45, 2.75) is 43.2 Å². The molecule has 1 saturated carbocycles. The predicted octanol–water partition coefficient (Wildman–Crippen LogP) is 1.93. The smallest absolute Gasteiger partial charge is 0.305 e. The highest BCUT2D eigenvalue weighted by Crippen LogP contribution is 2.53. The Balaban J connectivity index is 1.39. The molecule has 0 radical (unpaired) electrons. The first kappa shape index (κ1) is 28.4.